The highest BCUT2D eigenvalue weighted by atomic mass is 32.2. The lowest BCUT2D eigenvalue weighted by molar-refractivity contribution is -0.0347. The van der Waals surface area contributed by atoms with Gasteiger partial charge in [-0.15, -0.1) is 0 Å². The van der Waals surface area contributed by atoms with Gasteiger partial charge in [-0.25, -0.2) is 17.8 Å². The summed E-state index contributed by atoms with van der Waals surface area (Å²) in [6.07, 6.45) is 10.9. The van der Waals surface area contributed by atoms with E-state index < -0.39 is 10.0 Å². The molecular formula is C19H26N6O3S. The average Bonchev–Trinajstić information content (AvgIpc) is 3.24. The van der Waals surface area contributed by atoms with E-state index in [4.69, 9.17) is 0 Å². The predicted molar refractivity (Wildman–Crippen MR) is 106 cm³/mol. The summed E-state index contributed by atoms with van der Waals surface area (Å²) in [5, 5.41) is 11.7. The summed E-state index contributed by atoms with van der Waals surface area (Å²) in [5.41, 5.74) is 0.161. The Morgan fingerprint density at radius 2 is 1.93 bits per heavy atom. The Morgan fingerprint density at radius 3 is 2.55 bits per heavy atom. The van der Waals surface area contributed by atoms with Gasteiger partial charge in [0.2, 0.25) is 10.0 Å². The molecule has 0 spiro atoms. The maximum absolute atomic E-state index is 13.2. The number of nitrogens with zero attached hydrogens (tertiary/aromatic N) is 4. The van der Waals surface area contributed by atoms with E-state index in [0.717, 1.165) is 32.1 Å². The van der Waals surface area contributed by atoms with Gasteiger partial charge in [-0.1, -0.05) is 0 Å². The minimum Gasteiger partial charge on any atom is -0.349 e. The van der Waals surface area contributed by atoms with Crippen LogP contribution in [0.4, 0.5) is 0 Å². The molecule has 2 aromatic heterocycles. The third-order valence-electron chi connectivity index (χ3n) is 6.85. The molecule has 0 saturated heterocycles. The van der Waals surface area contributed by atoms with Crippen molar-refractivity contribution in [3.63, 3.8) is 0 Å². The number of aromatic nitrogens is 4. The maximum atomic E-state index is 13.2. The zero-order chi connectivity index (χ0) is 20.4. The summed E-state index contributed by atoms with van der Waals surface area (Å²) in [6, 6.07) is 1.87. The second-order valence-corrected chi connectivity index (χ2v) is 10.8. The molecule has 3 unspecified atom stereocenters. The lowest BCUT2D eigenvalue weighted by atomic mass is 9.51. The molecule has 4 saturated carbocycles. The van der Waals surface area contributed by atoms with Crippen LogP contribution in [-0.4, -0.2) is 51.7 Å². The predicted octanol–water partition coefficient (Wildman–Crippen LogP) is 0.832. The zero-order valence-corrected chi connectivity index (χ0v) is 17.4. The first kappa shape index (κ1) is 18.8. The van der Waals surface area contributed by atoms with E-state index in [1.807, 2.05) is 0 Å². The van der Waals surface area contributed by atoms with Gasteiger partial charge in [0.1, 0.15) is 5.56 Å². The second kappa shape index (κ2) is 6.40. The number of hydrogen-bond donors (Lipinski definition) is 2. The van der Waals surface area contributed by atoms with Crippen molar-refractivity contribution in [2.45, 2.75) is 43.7 Å². The molecule has 5 atom stereocenters. The van der Waals surface area contributed by atoms with Crippen LogP contribution in [0, 0.1) is 17.8 Å². The molecule has 2 aromatic rings. The van der Waals surface area contributed by atoms with E-state index >= 15 is 0 Å². The molecule has 0 aliphatic heterocycles. The van der Waals surface area contributed by atoms with Crippen LogP contribution in [0.2, 0.25) is 0 Å². The summed E-state index contributed by atoms with van der Waals surface area (Å²) >= 11 is 0. The molecule has 4 fully saturated rings. The highest BCUT2D eigenvalue weighted by Crippen LogP contribution is 2.56. The Labute approximate surface area is 169 Å². The van der Waals surface area contributed by atoms with Crippen molar-refractivity contribution < 1.29 is 13.2 Å². The van der Waals surface area contributed by atoms with E-state index in [0.29, 0.717) is 29.1 Å². The minimum absolute atomic E-state index is 0.0687. The zero-order valence-electron chi connectivity index (χ0n) is 16.6. The van der Waals surface area contributed by atoms with Crippen molar-refractivity contribution in [3.8, 4) is 5.82 Å². The summed E-state index contributed by atoms with van der Waals surface area (Å²) in [7, 11) is -1.47. The molecule has 1 amide bonds. The fraction of sp³-hybridized carbons (Fsp3) is 0.632. The lowest BCUT2D eigenvalue weighted by Gasteiger charge is -2.59. The molecule has 9 nitrogen and oxygen atoms in total. The molecule has 4 aliphatic carbocycles. The first-order valence-electron chi connectivity index (χ1n) is 10.0. The van der Waals surface area contributed by atoms with E-state index in [-0.39, 0.29) is 17.5 Å². The lowest BCUT2D eigenvalue weighted by Crippen LogP contribution is -2.66. The molecule has 4 aliphatic rings. The Morgan fingerprint density at radius 1 is 1.21 bits per heavy atom. The molecule has 0 radical (unpaired) electrons. The highest BCUT2D eigenvalue weighted by molar-refractivity contribution is 7.88. The third-order valence-corrected chi connectivity index (χ3v) is 7.65. The molecule has 0 aromatic carbocycles. The fourth-order valence-electron chi connectivity index (χ4n) is 6.26. The largest absolute Gasteiger partial charge is 0.349 e. The van der Waals surface area contributed by atoms with Crippen molar-refractivity contribution in [3.05, 3.63) is 30.2 Å². The summed E-state index contributed by atoms with van der Waals surface area (Å²) in [4.78, 5) is 13.2. The third kappa shape index (κ3) is 3.28. The van der Waals surface area contributed by atoms with Crippen molar-refractivity contribution in [2.24, 2.45) is 24.8 Å². The van der Waals surface area contributed by atoms with E-state index in [1.54, 1.807) is 41.1 Å². The van der Waals surface area contributed by atoms with Crippen LogP contribution >= 0.6 is 0 Å². The number of rotatable bonds is 5. The second-order valence-electron chi connectivity index (χ2n) is 9.08. The molecule has 2 N–H and O–H groups in total. The molecule has 156 valence electrons. The van der Waals surface area contributed by atoms with Crippen LogP contribution in [0.25, 0.3) is 5.82 Å². The van der Waals surface area contributed by atoms with E-state index in [2.05, 4.69) is 20.2 Å². The molecule has 2 heterocycles. The van der Waals surface area contributed by atoms with E-state index in [1.165, 1.54) is 6.26 Å². The van der Waals surface area contributed by atoms with Crippen LogP contribution in [-0.2, 0) is 17.1 Å². The summed E-state index contributed by atoms with van der Waals surface area (Å²) in [5.74, 6) is 1.61. The standard InChI is InChI=1S/C19H26N6O3S/c1-24-18(25-5-3-4-20-25)15(11-21-24)17(26)22-16-13-6-12-7-14(16)10-19(8-12,9-13)23-29(2,27)28/h3-5,11-14,16,23H,6-10H2,1-2H3,(H,22,26)/t12?,13-,14+,16?,19?. The number of sulfonamides is 1. The van der Waals surface area contributed by atoms with Crippen molar-refractivity contribution in [2.75, 3.05) is 6.26 Å². The normalized spacial score (nSPS) is 33.2. The number of carbonyl (C=O) groups is 1. The van der Waals surface area contributed by atoms with Crippen molar-refractivity contribution in [1.82, 2.24) is 29.6 Å². The fourth-order valence-corrected chi connectivity index (χ4v) is 7.30. The Kier molecular flexibility index (Phi) is 4.15. The van der Waals surface area contributed by atoms with Gasteiger partial charge >= 0.3 is 0 Å². The van der Waals surface area contributed by atoms with Crippen LogP contribution in [0.15, 0.2) is 24.7 Å². The molecule has 29 heavy (non-hydrogen) atoms. The molecule has 6 rings (SSSR count). The van der Waals surface area contributed by atoms with Gasteiger partial charge in [-0.2, -0.15) is 10.2 Å². The van der Waals surface area contributed by atoms with Gasteiger partial charge in [0.05, 0.1) is 12.5 Å². The van der Waals surface area contributed by atoms with Gasteiger partial charge in [-0.05, 0) is 55.9 Å². The van der Waals surface area contributed by atoms with Crippen LogP contribution in [0.5, 0.6) is 0 Å². The summed E-state index contributed by atoms with van der Waals surface area (Å²) in [6.45, 7) is 0. The Hall–Kier alpha value is -2.20. The first-order valence-corrected chi connectivity index (χ1v) is 11.9. The Balaban J connectivity index is 1.38. The smallest absolute Gasteiger partial charge is 0.256 e. The number of nitrogens with one attached hydrogen (secondary N) is 2. The molecular weight excluding hydrogens is 392 g/mol. The van der Waals surface area contributed by atoms with Crippen LogP contribution in [0.1, 0.15) is 42.5 Å². The number of hydrogen-bond acceptors (Lipinski definition) is 5. The van der Waals surface area contributed by atoms with Crippen molar-refractivity contribution >= 4 is 15.9 Å². The first-order chi connectivity index (χ1) is 13.7. The quantitative estimate of drug-likeness (QED) is 0.747. The van der Waals surface area contributed by atoms with Crippen LogP contribution in [0.3, 0.4) is 0 Å². The summed E-state index contributed by atoms with van der Waals surface area (Å²) < 4.78 is 30.0. The van der Waals surface area contributed by atoms with E-state index in [9.17, 15) is 13.2 Å². The number of amides is 1. The molecule has 10 heteroatoms. The van der Waals surface area contributed by atoms with Gasteiger partial charge in [-0.3, -0.25) is 9.48 Å². The number of carbonyl (C=O) groups excluding carboxylic acids is 1. The maximum Gasteiger partial charge on any atom is 0.256 e. The van der Waals surface area contributed by atoms with Gasteiger partial charge in [0, 0.05) is 31.0 Å². The minimum atomic E-state index is -3.26. The monoisotopic (exact) mass is 418 g/mol. The number of aryl methyl sites for hydroxylation is 1. The van der Waals surface area contributed by atoms with Gasteiger partial charge in [0.15, 0.2) is 5.82 Å². The van der Waals surface area contributed by atoms with Gasteiger partial charge in [0.25, 0.3) is 5.91 Å². The van der Waals surface area contributed by atoms with Crippen molar-refractivity contribution in [1.29, 1.82) is 0 Å². The Bertz CT molecular complexity index is 1030. The SMILES string of the molecule is Cn1ncc(C(=O)NC2[C@@H]3CC4C[C@H]2CC(NS(C)(=O)=O)(C4)C3)c1-n1cccn1. The van der Waals surface area contributed by atoms with Gasteiger partial charge < -0.3 is 5.32 Å². The van der Waals surface area contributed by atoms with Crippen LogP contribution < -0.4 is 10.0 Å². The highest BCUT2D eigenvalue weighted by Gasteiger charge is 2.56. The topological polar surface area (TPSA) is 111 Å². The average molecular weight is 419 g/mol. The molecule has 4 bridgehead atoms.